The van der Waals surface area contributed by atoms with Crippen LogP contribution < -0.4 is 5.32 Å². The van der Waals surface area contributed by atoms with Crippen molar-refractivity contribution in [3.63, 3.8) is 0 Å². The number of halogens is 2. The van der Waals surface area contributed by atoms with Crippen LogP contribution >= 0.6 is 12.4 Å². The molecule has 0 atom stereocenters. The summed E-state index contributed by atoms with van der Waals surface area (Å²) in [6, 6.07) is 17.2. The van der Waals surface area contributed by atoms with Gasteiger partial charge in [0.1, 0.15) is 5.82 Å². The van der Waals surface area contributed by atoms with Gasteiger partial charge >= 0.3 is 0 Å². The lowest BCUT2D eigenvalue weighted by Gasteiger charge is -2.05. The molecule has 0 aliphatic rings. The number of rotatable bonds is 6. The summed E-state index contributed by atoms with van der Waals surface area (Å²) in [7, 11) is 0. The van der Waals surface area contributed by atoms with Crippen LogP contribution in [0.5, 0.6) is 0 Å². The van der Waals surface area contributed by atoms with Gasteiger partial charge in [0, 0.05) is 0 Å². The van der Waals surface area contributed by atoms with Crippen molar-refractivity contribution in [2.45, 2.75) is 12.8 Å². The molecule has 0 fully saturated rings. The summed E-state index contributed by atoms with van der Waals surface area (Å²) in [6.45, 7) is 1.84. The maximum atomic E-state index is 12.9. The molecule has 0 unspecified atom stereocenters. The van der Waals surface area contributed by atoms with Crippen LogP contribution in [-0.4, -0.2) is 13.1 Å². The third-order valence-electron chi connectivity index (χ3n) is 2.91. The lowest BCUT2D eigenvalue weighted by Crippen LogP contribution is -2.20. The molecule has 0 heterocycles. The minimum atomic E-state index is -0.156. The van der Waals surface area contributed by atoms with Crippen LogP contribution in [0.3, 0.4) is 0 Å². The summed E-state index contributed by atoms with van der Waals surface area (Å²) in [5, 5.41) is 3.38. The highest BCUT2D eigenvalue weighted by molar-refractivity contribution is 5.85. The van der Waals surface area contributed by atoms with Gasteiger partial charge in [-0.3, -0.25) is 0 Å². The fourth-order valence-electron chi connectivity index (χ4n) is 1.93. The van der Waals surface area contributed by atoms with Crippen molar-refractivity contribution in [1.29, 1.82) is 0 Å². The lowest BCUT2D eigenvalue weighted by atomic mass is 10.1. The van der Waals surface area contributed by atoms with E-state index in [1.165, 1.54) is 11.6 Å². The summed E-state index contributed by atoms with van der Waals surface area (Å²) in [5.74, 6) is -0.156. The molecule has 2 aromatic rings. The van der Waals surface area contributed by atoms with E-state index in [1.807, 2.05) is 12.1 Å². The normalized spacial score (nSPS) is 9.95. The minimum Gasteiger partial charge on any atom is -0.316 e. The van der Waals surface area contributed by atoms with E-state index in [0.29, 0.717) is 0 Å². The van der Waals surface area contributed by atoms with Gasteiger partial charge in [-0.05, 0) is 49.2 Å². The highest BCUT2D eigenvalue weighted by Crippen LogP contribution is 2.03. The molecule has 19 heavy (non-hydrogen) atoms. The predicted octanol–water partition coefficient (Wildman–Crippen LogP) is 3.62. The molecule has 1 N–H and O–H groups in total. The average molecular weight is 280 g/mol. The van der Waals surface area contributed by atoms with E-state index >= 15 is 0 Å². The number of hydrogen-bond acceptors (Lipinski definition) is 1. The summed E-state index contributed by atoms with van der Waals surface area (Å²) < 4.78 is 12.9. The topological polar surface area (TPSA) is 12.0 Å². The fraction of sp³-hybridized carbons (Fsp3) is 0.250. The van der Waals surface area contributed by atoms with Crippen molar-refractivity contribution in [2.75, 3.05) is 13.1 Å². The molecule has 2 rings (SSSR count). The Morgan fingerprint density at radius 1 is 0.789 bits per heavy atom. The van der Waals surface area contributed by atoms with Gasteiger partial charge in [0.05, 0.1) is 0 Å². The summed E-state index contributed by atoms with van der Waals surface area (Å²) in [6.07, 6.45) is 1.90. The lowest BCUT2D eigenvalue weighted by molar-refractivity contribution is 0.622. The van der Waals surface area contributed by atoms with Crippen molar-refractivity contribution in [3.05, 3.63) is 71.5 Å². The standard InChI is InChI=1S/C16H18FN.ClH/c17-16-8-4-7-15(13-16)10-12-18-11-9-14-5-2-1-3-6-14;/h1-8,13,18H,9-12H2;1H. The third kappa shape index (κ3) is 5.86. The van der Waals surface area contributed by atoms with Crippen LogP contribution in [0.4, 0.5) is 4.39 Å². The van der Waals surface area contributed by atoms with Crippen molar-refractivity contribution in [1.82, 2.24) is 5.32 Å². The first kappa shape index (κ1) is 15.7. The maximum Gasteiger partial charge on any atom is 0.123 e. The van der Waals surface area contributed by atoms with Gasteiger partial charge in [-0.25, -0.2) is 4.39 Å². The SMILES string of the molecule is Cl.Fc1cccc(CCNCCc2ccccc2)c1. The van der Waals surface area contributed by atoms with E-state index in [2.05, 4.69) is 29.6 Å². The molecular formula is C16H19ClFN. The smallest absolute Gasteiger partial charge is 0.123 e. The van der Waals surface area contributed by atoms with E-state index < -0.39 is 0 Å². The Balaban J connectivity index is 0.00000180. The molecule has 3 heteroatoms. The van der Waals surface area contributed by atoms with E-state index in [0.717, 1.165) is 31.5 Å². The Bertz CT molecular complexity index is 473. The first-order valence-corrected chi connectivity index (χ1v) is 6.34. The van der Waals surface area contributed by atoms with Gasteiger partial charge in [-0.2, -0.15) is 0 Å². The second-order valence-electron chi connectivity index (χ2n) is 4.37. The van der Waals surface area contributed by atoms with Crippen molar-refractivity contribution >= 4 is 12.4 Å². The molecule has 1 nitrogen and oxygen atoms in total. The van der Waals surface area contributed by atoms with Gasteiger partial charge in [-0.1, -0.05) is 42.5 Å². The fourth-order valence-corrected chi connectivity index (χ4v) is 1.93. The van der Waals surface area contributed by atoms with E-state index in [1.54, 1.807) is 12.1 Å². The molecule has 0 spiro atoms. The largest absolute Gasteiger partial charge is 0.316 e. The number of nitrogens with one attached hydrogen (secondary N) is 1. The molecule has 0 radical (unpaired) electrons. The van der Waals surface area contributed by atoms with E-state index in [4.69, 9.17) is 0 Å². The second-order valence-corrected chi connectivity index (χ2v) is 4.37. The minimum absolute atomic E-state index is 0. The molecule has 0 aliphatic carbocycles. The van der Waals surface area contributed by atoms with Gasteiger partial charge < -0.3 is 5.32 Å². The van der Waals surface area contributed by atoms with Crippen molar-refractivity contribution in [3.8, 4) is 0 Å². The zero-order valence-electron chi connectivity index (χ0n) is 10.8. The first-order chi connectivity index (χ1) is 8.84. The monoisotopic (exact) mass is 279 g/mol. The molecular weight excluding hydrogens is 261 g/mol. The summed E-state index contributed by atoms with van der Waals surface area (Å²) in [5.41, 5.74) is 2.39. The van der Waals surface area contributed by atoms with Crippen molar-refractivity contribution in [2.24, 2.45) is 0 Å². The third-order valence-corrected chi connectivity index (χ3v) is 2.91. The molecule has 0 amide bonds. The first-order valence-electron chi connectivity index (χ1n) is 6.34. The quantitative estimate of drug-likeness (QED) is 0.797. The highest BCUT2D eigenvalue weighted by atomic mass is 35.5. The molecule has 0 aromatic heterocycles. The number of hydrogen-bond donors (Lipinski definition) is 1. The van der Waals surface area contributed by atoms with Crippen molar-refractivity contribution < 1.29 is 4.39 Å². The molecule has 102 valence electrons. The molecule has 0 bridgehead atoms. The highest BCUT2D eigenvalue weighted by Gasteiger charge is 1.95. The molecule has 0 saturated carbocycles. The van der Waals surface area contributed by atoms with E-state index in [-0.39, 0.29) is 18.2 Å². The predicted molar refractivity (Wildman–Crippen MR) is 80.4 cm³/mol. The van der Waals surface area contributed by atoms with Crippen LogP contribution in [0.2, 0.25) is 0 Å². The van der Waals surface area contributed by atoms with Gasteiger partial charge in [-0.15, -0.1) is 12.4 Å². The zero-order valence-corrected chi connectivity index (χ0v) is 11.6. The summed E-state index contributed by atoms with van der Waals surface area (Å²) >= 11 is 0. The maximum absolute atomic E-state index is 12.9. The second kappa shape index (κ2) is 8.68. The summed E-state index contributed by atoms with van der Waals surface area (Å²) in [4.78, 5) is 0. The van der Waals surface area contributed by atoms with Crippen LogP contribution in [0, 0.1) is 5.82 Å². The Hall–Kier alpha value is -1.38. The Morgan fingerprint density at radius 2 is 1.42 bits per heavy atom. The average Bonchev–Trinajstić information content (AvgIpc) is 2.40. The van der Waals surface area contributed by atoms with Gasteiger partial charge in [0.15, 0.2) is 0 Å². The number of benzene rings is 2. The Labute approximate surface area is 120 Å². The zero-order chi connectivity index (χ0) is 12.6. The molecule has 2 aromatic carbocycles. The molecule has 0 saturated heterocycles. The van der Waals surface area contributed by atoms with Crippen LogP contribution in [0.25, 0.3) is 0 Å². The van der Waals surface area contributed by atoms with Crippen LogP contribution in [0.15, 0.2) is 54.6 Å². The van der Waals surface area contributed by atoms with E-state index in [9.17, 15) is 4.39 Å². The van der Waals surface area contributed by atoms with Crippen LogP contribution in [0.1, 0.15) is 11.1 Å². The van der Waals surface area contributed by atoms with Crippen LogP contribution in [-0.2, 0) is 12.8 Å². The molecule has 0 aliphatic heterocycles. The van der Waals surface area contributed by atoms with Gasteiger partial charge in [0.25, 0.3) is 0 Å². The Morgan fingerprint density at radius 3 is 2.11 bits per heavy atom. The Kier molecular flexibility index (Phi) is 7.16. The van der Waals surface area contributed by atoms with Gasteiger partial charge in [0.2, 0.25) is 0 Å².